The van der Waals surface area contributed by atoms with Gasteiger partial charge in [0.1, 0.15) is 0 Å². The van der Waals surface area contributed by atoms with Crippen molar-refractivity contribution in [2.24, 2.45) is 17.8 Å². The molecule has 2 fully saturated rings. The van der Waals surface area contributed by atoms with E-state index in [0.29, 0.717) is 12.3 Å². The van der Waals surface area contributed by atoms with E-state index in [2.05, 4.69) is 5.32 Å². The second kappa shape index (κ2) is 5.57. The molecule has 4 atom stereocenters. The van der Waals surface area contributed by atoms with E-state index < -0.39 is 6.10 Å². The Bertz CT molecular complexity index is 498. The highest BCUT2D eigenvalue weighted by Crippen LogP contribution is 2.49. The number of fused-ring (bicyclic) bond motifs is 2. The molecule has 3 rings (SSSR count). The van der Waals surface area contributed by atoms with Crippen LogP contribution in [0, 0.1) is 17.8 Å². The van der Waals surface area contributed by atoms with Gasteiger partial charge >= 0.3 is 0 Å². The molecule has 20 heavy (non-hydrogen) atoms. The Labute approximate surface area is 120 Å². The fraction of sp³-hybridized carbons (Fsp3) is 0.588. The molecule has 2 aliphatic carbocycles. The molecule has 2 saturated carbocycles. The smallest absolute Gasteiger partial charge is 0.224 e. The molecule has 2 N–H and O–H groups in total. The lowest BCUT2D eigenvalue weighted by molar-refractivity contribution is -0.117. The summed E-state index contributed by atoms with van der Waals surface area (Å²) in [5, 5.41) is 12.5. The van der Waals surface area contributed by atoms with Crippen molar-refractivity contribution in [3.63, 3.8) is 0 Å². The van der Waals surface area contributed by atoms with Gasteiger partial charge in [-0.1, -0.05) is 18.6 Å². The van der Waals surface area contributed by atoms with E-state index in [1.54, 1.807) is 6.92 Å². The number of aliphatic hydroxyl groups excluding tert-OH is 1. The largest absolute Gasteiger partial charge is 0.389 e. The van der Waals surface area contributed by atoms with Crippen molar-refractivity contribution in [3.8, 4) is 0 Å². The Morgan fingerprint density at radius 2 is 2.25 bits per heavy atom. The Morgan fingerprint density at radius 3 is 2.90 bits per heavy atom. The summed E-state index contributed by atoms with van der Waals surface area (Å²) in [5.41, 5.74) is 1.62. The summed E-state index contributed by atoms with van der Waals surface area (Å²) >= 11 is 0. The summed E-state index contributed by atoms with van der Waals surface area (Å²) in [4.78, 5) is 12.2. The third kappa shape index (κ3) is 2.88. The first-order valence-corrected chi connectivity index (χ1v) is 7.69. The molecule has 0 radical (unpaired) electrons. The van der Waals surface area contributed by atoms with Crippen LogP contribution in [0.2, 0.25) is 0 Å². The van der Waals surface area contributed by atoms with Crippen LogP contribution < -0.4 is 5.32 Å². The quantitative estimate of drug-likeness (QED) is 0.882. The number of nitrogens with one attached hydrogen (secondary N) is 1. The van der Waals surface area contributed by atoms with Crippen LogP contribution in [-0.4, -0.2) is 11.0 Å². The highest BCUT2D eigenvalue weighted by atomic mass is 16.3. The van der Waals surface area contributed by atoms with Crippen molar-refractivity contribution in [3.05, 3.63) is 29.8 Å². The summed E-state index contributed by atoms with van der Waals surface area (Å²) in [6, 6.07) is 7.47. The first-order chi connectivity index (χ1) is 9.61. The molecule has 108 valence electrons. The van der Waals surface area contributed by atoms with Crippen LogP contribution in [0.25, 0.3) is 0 Å². The van der Waals surface area contributed by atoms with Gasteiger partial charge in [0.15, 0.2) is 0 Å². The zero-order chi connectivity index (χ0) is 14.1. The summed E-state index contributed by atoms with van der Waals surface area (Å²) in [6.45, 7) is 1.73. The third-order valence-corrected chi connectivity index (χ3v) is 4.98. The SMILES string of the molecule is CC(O)c1cccc(NC(=O)CC2CC3CCC2C3)c1. The maximum absolute atomic E-state index is 12.2. The molecule has 1 aromatic carbocycles. The molecule has 1 aromatic rings. The molecule has 0 spiro atoms. The van der Waals surface area contributed by atoms with E-state index in [1.165, 1.54) is 25.7 Å². The molecule has 2 bridgehead atoms. The van der Waals surface area contributed by atoms with E-state index in [1.807, 2.05) is 24.3 Å². The van der Waals surface area contributed by atoms with Gasteiger partial charge in [-0.15, -0.1) is 0 Å². The second-order valence-corrected chi connectivity index (χ2v) is 6.49. The highest BCUT2D eigenvalue weighted by molar-refractivity contribution is 5.91. The number of aliphatic hydroxyl groups is 1. The molecular formula is C17H23NO2. The number of carbonyl (C=O) groups is 1. The van der Waals surface area contributed by atoms with Gasteiger partial charge in [-0.25, -0.2) is 0 Å². The number of benzene rings is 1. The zero-order valence-electron chi connectivity index (χ0n) is 12.0. The maximum Gasteiger partial charge on any atom is 0.224 e. The van der Waals surface area contributed by atoms with Crippen molar-refractivity contribution < 1.29 is 9.90 Å². The van der Waals surface area contributed by atoms with Gasteiger partial charge < -0.3 is 10.4 Å². The molecule has 4 unspecified atom stereocenters. The normalized spacial score (nSPS) is 29.4. The lowest BCUT2D eigenvalue weighted by Crippen LogP contribution is -2.20. The molecule has 0 aliphatic heterocycles. The second-order valence-electron chi connectivity index (χ2n) is 6.49. The Kier molecular flexibility index (Phi) is 3.79. The van der Waals surface area contributed by atoms with Crippen LogP contribution in [-0.2, 0) is 4.79 Å². The van der Waals surface area contributed by atoms with E-state index in [9.17, 15) is 9.90 Å². The number of hydrogen-bond donors (Lipinski definition) is 2. The maximum atomic E-state index is 12.2. The molecule has 0 heterocycles. The van der Waals surface area contributed by atoms with Crippen molar-refractivity contribution in [1.29, 1.82) is 0 Å². The van der Waals surface area contributed by atoms with Gasteiger partial charge in [0, 0.05) is 12.1 Å². The highest BCUT2D eigenvalue weighted by Gasteiger charge is 2.40. The summed E-state index contributed by atoms with van der Waals surface area (Å²) in [7, 11) is 0. The molecule has 0 saturated heterocycles. The third-order valence-electron chi connectivity index (χ3n) is 4.98. The minimum absolute atomic E-state index is 0.116. The fourth-order valence-corrected chi connectivity index (χ4v) is 3.95. The van der Waals surface area contributed by atoms with E-state index in [0.717, 1.165) is 23.1 Å². The first kappa shape index (κ1) is 13.6. The van der Waals surface area contributed by atoms with Crippen LogP contribution in [0.3, 0.4) is 0 Å². The van der Waals surface area contributed by atoms with Crippen molar-refractivity contribution in [2.75, 3.05) is 5.32 Å². The van der Waals surface area contributed by atoms with E-state index >= 15 is 0 Å². The lowest BCUT2D eigenvalue weighted by Gasteiger charge is -2.21. The van der Waals surface area contributed by atoms with Crippen LogP contribution in [0.4, 0.5) is 5.69 Å². The van der Waals surface area contributed by atoms with E-state index in [-0.39, 0.29) is 5.91 Å². The predicted molar refractivity (Wildman–Crippen MR) is 79.3 cm³/mol. The van der Waals surface area contributed by atoms with Crippen LogP contribution in [0.1, 0.15) is 50.7 Å². The number of rotatable bonds is 4. The molecule has 2 aliphatic rings. The van der Waals surface area contributed by atoms with Crippen LogP contribution >= 0.6 is 0 Å². The van der Waals surface area contributed by atoms with Gasteiger partial charge in [-0.05, 0) is 61.6 Å². The van der Waals surface area contributed by atoms with Gasteiger partial charge in [0.05, 0.1) is 6.10 Å². The minimum Gasteiger partial charge on any atom is -0.389 e. The average Bonchev–Trinajstić information content (AvgIpc) is 3.01. The Morgan fingerprint density at radius 1 is 1.40 bits per heavy atom. The fourth-order valence-electron chi connectivity index (χ4n) is 3.95. The Hall–Kier alpha value is -1.35. The summed E-state index contributed by atoms with van der Waals surface area (Å²) in [5.74, 6) is 2.38. The minimum atomic E-state index is -0.502. The summed E-state index contributed by atoms with van der Waals surface area (Å²) in [6.07, 6.45) is 5.43. The monoisotopic (exact) mass is 273 g/mol. The predicted octanol–water partition coefficient (Wildman–Crippen LogP) is 3.50. The number of anilines is 1. The van der Waals surface area contributed by atoms with Crippen molar-refractivity contribution in [2.45, 2.75) is 45.1 Å². The molecular weight excluding hydrogens is 250 g/mol. The van der Waals surface area contributed by atoms with Gasteiger partial charge in [0.25, 0.3) is 0 Å². The average molecular weight is 273 g/mol. The molecule has 3 nitrogen and oxygen atoms in total. The van der Waals surface area contributed by atoms with Gasteiger partial charge in [-0.3, -0.25) is 4.79 Å². The topological polar surface area (TPSA) is 49.3 Å². The molecule has 3 heteroatoms. The first-order valence-electron chi connectivity index (χ1n) is 7.69. The Balaban J connectivity index is 1.57. The van der Waals surface area contributed by atoms with Gasteiger partial charge in [-0.2, -0.15) is 0 Å². The lowest BCUT2D eigenvalue weighted by atomic mass is 9.86. The standard InChI is InChI=1S/C17H23NO2/c1-11(19)13-3-2-4-16(9-13)18-17(20)10-15-8-12-5-6-14(15)7-12/h2-4,9,11-12,14-15,19H,5-8,10H2,1H3,(H,18,20). The number of carbonyl (C=O) groups excluding carboxylic acids is 1. The number of amides is 1. The molecule has 1 amide bonds. The zero-order valence-corrected chi connectivity index (χ0v) is 12.0. The number of hydrogen-bond acceptors (Lipinski definition) is 2. The summed E-state index contributed by atoms with van der Waals surface area (Å²) < 4.78 is 0. The van der Waals surface area contributed by atoms with Crippen LogP contribution in [0.15, 0.2) is 24.3 Å². The van der Waals surface area contributed by atoms with Crippen LogP contribution in [0.5, 0.6) is 0 Å². The van der Waals surface area contributed by atoms with Gasteiger partial charge in [0.2, 0.25) is 5.91 Å². The van der Waals surface area contributed by atoms with Crippen molar-refractivity contribution in [1.82, 2.24) is 0 Å². The van der Waals surface area contributed by atoms with E-state index in [4.69, 9.17) is 0 Å². The van der Waals surface area contributed by atoms with Crippen molar-refractivity contribution >= 4 is 11.6 Å². The molecule has 0 aromatic heterocycles.